The maximum atomic E-state index is 13.5. The van der Waals surface area contributed by atoms with Gasteiger partial charge in [0.25, 0.3) is 11.1 Å². The predicted octanol–water partition coefficient (Wildman–Crippen LogP) is 4.85. The third-order valence-corrected chi connectivity index (χ3v) is 6.06. The summed E-state index contributed by atoms with van der Waals surface area (Å²) < 4.78 is 6.30. The standard InChI is InChI=1S/C30H21NO5/c1-19-13-15-20(16-14-19)27(32)18-36-30(35)21-7-6-8-22(17-21)31-28(33)25-11-4-2-9-23(25)24-10-3-5-12-26(24)29(31)34/h2-17H,18H2,1H3. The molecule has 176 valence electrons. The molecule has 0 bridgehead atoms. The van der Waals surface area contributed by atoms with E-state index in [-0.39, 0.29) is 17.0 Å². The van der Waals surface area contributed by atoms with Crippen LogP contribution in [0.3, 0.4) is 0 Å². The summed E-state index contributed by atoms with van der Waals surface area (Å²) in [5.74, 6) is -1.06. The lowest BCUT2D eigenvalue weighted by Gasteiger charge is -2.07. The lowest BCUT2D eigenvalue weighted by molar-refractivity contribution is 0.0474. The largest absolute Gasteiger partial charge is 0.454 e. The van der Waals surface area contributed by atoms with Crippen molar-refractivity contribution in [2.75, 3.05) is 6.61 Å². The number of aryl methyl sites for hydroxylation is 1. The average Bonchev–Trinajstić information content (AvgIpc) is 3.00. The van der Waals surface area contributed by atoms with E-state index in [0.717, 1.165) is 10.1 Å². The van der Waals surface area contributed by atoms with E-state index in [9.17, 15) is 19.2 Å². The van der Waals surface area contributed by atoms with E-state index in [4.69, 9.17) is 4.74 Å². The van der Waals surface area contributed by atoms with Crippen molar-refractivity contribution in [3.05, 3.63) is 134 Å². The lowest BCUT2D eigenvalue weighted by Crippen LogP contribution is -2.28. The Morgan fingerprint density at radius 1 is 0.667 bits per heavy atom. The Labute approximate surface area is 206 Å². The second kappa shape index (κ2) is 9.43. The molecule has 4 aromatic carbocycles. The van der Waals surface area contributed by atoms with Crippen molar-refractivity contribution in [2.45, 2.75) is 6.92 Å². The maximum Gasteiger partial charge on any atom is 0.338 e. The highest BCUT2D eigenvalue weighted by molar-refractivity contribution is 6.05. The first-order valence-corrected chi connectivity index (χ1v) is 11.4. The van der Waals surface area contributed by atoms with Gasteiger partial charge in [0.15, 0.2) is 12.4 Å². The lowest BCUT2D eigenvalue weighted by atomic mass is 10.1. The summed E-state index contributed by atoms with van der Waals surface area (Å²) in [7, 11) is 0. The van der Waals surface area contributed by atoms with Crippen LogP contribution in [0.25, 0.3) is 27.2 Å². The van der Waals surface area contributed by atoms with Crippen molar-refractivity contribution in [1.29, 1.82) is 0 Å². The average molecular weight is 476 g/mol. The summed E-state index contributed by atoms with van der Waals surface area (Å²) in [4.78, 5) is 52.2. The van der Waals surface area contributed by atoms with Gasteiger partial charge in [-0.15, -0.1) is 0 Å². The molecule has 0 N–H and O–H groups in total. The molecule has 5 aromatic rings. The number of hydrogen-bond donors (Lipinski definition) is 0. The molecule has 1 heterocycles. The first kappa shape index (κ1) is 22.9. The Kier molecular flexibility index (Phi) is 6.00. The first-order chi connectivity index (χ1) is 17.4. The molecular formula is C30H21NO5. The number of ether oxygens (including phenoxy) is 1. The highest BCUT2D eigenvalue weighted by atomic mass is 16.5. The van der Waals surface area contributed by atoms with Crippen LogP contribution in [0.5, 0.6) is 0 Å². The van der Waals surface area contributed by atoms with Gasteiger partial charge in [0.1, 0.15) is 0 Å². The molecule has 0 atom stereocenters. The van der Waals surface area contributed by atoms with Crippen molar-refractivity contribution < 1.29 is 14.3 Å². The van der Waals surface area contributed by atoms with Gasteiger partial charge in [0, 0.05) is 16.3 Å². The van der Waals surface area contributed by atoms with Gasteiger partial charge in [-0.2, -0.15) is 0 Å². The van der Waals surface area contributed by atoms with Crippen LogP contribution in [0.15, 0.2) is 107 Å². The second-order valence-electron chi connectivity index (χ2n) is 8.45. The molecule has 0 saturated carbocycles. The number of Topliss-reactive ketones (excluding diaryl/α,β-unsaturated/α-hetero) is 1. The van der Waals surface area contributed by atoms with E-state index in [1.807, 2.05) is 43.3 Å². The third kappa shape index (κ3) is 4.20. The molecule has 36 heavy (non-hydrogen) atoms. The molecule has 1 aromatic heterocycles. The number of carbonyl (C=O) groups is 2. The molecule has 0 aliphatic carbocycles. The summed E-state index contributed by atoms with van der Waals surface area (Å²) in [5.41, 5.74) is 0.827. The fraction of sp³-hybridized carbons (Fsp3) is 0.0667. The van der Waals surface area contributed by atoms with E-state index in [2.05, 4.69) is 0 Å². The normalized spacial score (nSPS) is 10.9. The van der Waals surface area contributed by atoms with Crippen LogP contribution in [-0.4, -0.2) is 22.9 Å². The van der Waals surface area contributed by atoms with Crippen LogP contribution in [0.2, 0.25) is 0 Å². The van der Waals surface area contributed by atoms with Gasteiger partial charge in [-0.25, -0.2) is 9.36 Å². The minimum atomic E-state index is -0.729. The number of fused-ring (bicyclic) bond motifs is 3. The third-order valence-electron chi connectivity index (χ3n) is 6.06. The molecule has 6 heteroatoms. The number of ketones is 1. The van der Waals surface area contributed by atoms with E-state index in [0.29, 0.717) is 27.1 Å². The Hall–Kier alpha value is -4.84. The Morgan fingerprint density at radius 3 is 1.81 bits per heavy atom. The molecule has 0 fully saturated rings. The van der Waals surface area contributed by atoms with E-state index in [1.165, 1.54) is 12.1 Å². The number of esters is 1. The Morgan fingerprint density at radius 2 is 1.22 bits per heavy atom. The van der Waals surface area contributed by atoms with Gasteiger partial charge in [-0.3, -0.25) is 14.4 Å². The number of carbonyl (C=O) groups excluding carboxylic acids is 2. The molecule has 0 aliphatic rings. The Bertz CT molecular complexity index is 1700. The molecule has 0 saturated heterocycles. The van der Waals surface area contributed by atoms with Gasteiger partial charge in [-0.1, -0.05) is 72.3 Å². The Balaban J connectivity index is 1.55. The van der Waals surface area contributed by atoms with E-state index < -0.39 is 23.7 Å². The minimum absolute atomic E-state index is 0.121. The smallest absolute Gasteiger partial charge is 0.338 e. The van der Waals surface area contributed by atoms with Crippen LogP contribution >= 0.6 is 0 Å². The number of benzene rings is 4. The van der Waals surface area contributed by atoms with Crippen molar-refractivity contribution >= 4 is 33.3 Å². The molecule has 0 aliphatic heterocycles. The minimum Gasteiger partial charge on any atom is -0.454 e. The maximum absolute atomic E-state index is 13.5. The topological polar surface area (TPSA) is 82.4 Å². The number of rotatable bonds is 5. The van der Waals surface area contributed by atoms with Crippen LogP contribution < -0.4 is 11.1 Å². The number of aromatic nitrogens is 1. The van der Waals surface area contributed by atoms with Crippen LogP contribution in [0.4, 0.5) is 0 Å². The quantitative estimate of drug-likeness (QED) is 0.268. The molecule has 0 amide bonds. The molecular weight excluding hydrogens is 454 g/mol. The van der Waals surface area contributed by atoms with Crippen molar-refractivity contribution in [1.82, 2.24) is 4.57 Å². The molecule has 0 spiro atoms. The molecule has 0 unspecified atom stereocenters. The van der Waals surface area contributed by atoms with E-state index in [1.54, 1.807) is 48.5 Å². The van der Waals surface area contributed by atoms with Crippen LogP contribution in [0, 0.1) is 6.92 Å². The number of hydrogen-bond acceptors (Lipinski definition) is 5. The first-order valence-electron chi connectivity index (χ1n) is 11.4. The second-order valence-corrected chi connectivity index (χ2v) is 8.45. The van der Waals surface area contributed by atoms with Gasteiger partial charge in [0.05, 0.1) is 11.3 Å². The highest BCUT2D eigenvalue weighted by Gasteiger charge is 2.16. The zero-order valence-electron chi connectivity index (χ0n) is 19.4. The summed E-state index contributed by atoms with van der Waals surface area (Å²) in [6.07, 6.45) is 0. The zero-order valence-corrected chi connectivity index (χ0v) is 19.4. The zero-order chi connectivity index (χ0) is 25.2. The van der Waals surface area contributed by atoms with Gasteiger partial charge >= 0.3 is 5.97 Å². The summed E-state index contributed by atoms with van der Waals surface area (Å²) >= 11 is 0. The molecule has 0 radical (unpaired) electrons. The van der Waals surface area contributed by atoms with Gasteiger partial charge < -0.3 is 4.74 Å². The fourth-order valence-corrected chi connectivity index (χ4v) is 4.19. The van der Waals surface area contributed by atoms with Crippen molar-refractivity contribution in [3.8, 4) is 5.69 Å². The molecule has 6 nitrogen and oxygen atoms in total. The SMILES string of the molecule is Cc1ccc(C(=O)COC(=O)c2cccc(-n3c(=O)c4ccccc4c4ccccc4c3=O)c2)cc1. The highest BCUT2D eigenvalue weighted by Crippen LogP contribution is 2.20. The molecule has 5 rings (SSSR count). The van der Waals surface area contributed by atoms with Crippen molar-refractivity contribution in [3.63, 3.8) is 0 Å². The van der Waals surface area contributed by atoms with Gasteiger partial charge in [-0.05, 0) is 48.0 Å². The van der Waals surface area contributed by atoms with Gasteiger partial charge in [0.2, 0.25) is 0 Å². The van der Waals surface area contributed by atoms with E-state index >= 15 is 0 Å². The van der Waals surface area contributed by atoms with Crippen LogP contribution in [-0.2, 0) is 4.74 Å². The monoisotopic (exact) mass is 475 g/mol. The summed E-state index contributed by atoms with van der Waals surface area (Å²) in [6, 6.07) is 27.1. The summed E-state index contributed by atoms with van der Waals surface area (Å²) in [5, 5.41) is 2.10. The fourth-order valence-electron chi connectivity index (χ4n) is 4.19. The van der Waals surface area contributed by atoms with Crippen LogP contribution in [0.1, 0.15) is 26.3 Å². The number of nitrogens with zero attached hydrogens (tertiary/aromatic N) is 1. The predicted molar refractivity (Wildman–Crippen MR) is 139 cm³/mol. The summed E-state index contributed by atoms with van der Waals surface area (Å²) in [6.45, 7) is 1.49. The van der Waals surface area contributed by atoms with Crippen molar-refractivity contribution in [2.24, 2.45) is 0 Å².